The maximum Gasteiger partial charge on any atom is 0.255 e. The average Bonchev–Trinajstić information content (AvgIpc) is 3.28. The lowest BCUT2D eigenvalue weighted by Crippen LogP contribution is -2.11. The van der Waals surface area contributed by atoms with Crippen molar-refractivity contribution in [1.82, 2.24) is 4.98 Å². The van der Waals surface area contributed by atoms with Crippen LogP contribution in [0.3, 0.4) is 0 Å². The summed E-state index contributed by atoms with van der Waals surface area (Å²) in [7, 11) is 0. The minimum Gasteiger partial charge on any atom is -0.436 e. The van der Waals surface area contributed by atoms with Gasteiger partial charge in [-0.15, -0.1) is 0 Å². The zero-order valence-corrected chi connectivity index (χ0v) is 19.6. The van der Waals surface area contributed by atoms with Gasteiger partial charge in [-0.3, -0.25) is 9.59 Å². The van der Waals surface area contributed by atoms with Crippen molar-refractivity contribution in [3.63, 3.8) is 0 Å². The Morgan fingerprint density at radius 3 is 1.86 bits per heavy atom. The Kier molecular flexibility index (Phi) is 6.23. The third-order valence-corrected chi connectivity index (χ3v) is 5.73. The summed E-state index contributed by atoms with van der Waals surface area (Å²) in [5, 5.41) is 6.83. The van der Waals surface area contributed by atoms with Gasteiger partial charge in [0.05, 0.1) is 0 Å². The summed E-state index contributed by atoms with van der Waals surface area (Å²) in [6.07, 6.45) is 0. The van der Waals surface area contributed by atoms with Crippen LogP contribution in [0.2, 0.25) is 10.0 Å². The van der Waals surface area contributed by atoms with E-state index in [1.807, 2.05) is 6.07 Å². The van der Waals surface area contributed by atoms with Gasteiger partial charge in [-0.2, -0.15) is 0 Å². The molecule has 6 nitrogen and oxygen atoms in total. The second-order valence-corrected chi connectivity index (χ2v) is 8.58. The van der Waals surface area contributed by atoms with Crippen LogP contribution in [-0.2, 0) is 0 Å². The molecule has 0 saturated heterocycles. The van der Waals surface area contributed by atoms with Crippen LogP contribution < -0.4 is 10.6 Å². The molecule has 5 aromatic rings. The first-order valence-electron chi connectivity index (χ1n) is 10.6. The number of benzene rings is 4. The normalized spacial score (nSPS) is 10.8. The van der Waals surface area contributed by atoms with Crippen LogP contribution in [0.15, 0.2) is 95.4 Å². The number of rotatable bonds is 5. The van der Waals surface area contributed by atoms with Crippen LogP contribution in [-0.4, -0.2) is 16.8 Å². The van der Waals surface area contributed by atoms with E-state index in [4.69, 9.17) is 27.6 Å². The number of carbonyl (C=O) groups excluding carboxylic acids is 2. The summed E-state index contributed by atoms with van der Waals surface area (Å²) in [6.45, 7) is 0. The summed E-state index contributed by atoms with van der Waals surface area (Å²) in [4.78, 5) is 29.6. The lowest BCUT2D eigenvalue weighted by atomic mass is 10.1. The van der Waals surface area contributed by atoms with Crippen molar-refractivity contribution in [2.24, 2.45) is 0 Å². The maximum atomic E-state index is 12.5. The number of hydrogen-bond acceptors (Lipinski definition) is 4. The predicted molar refractivity (Wildman–Crippen MR) is 138 cm³/mol. The van der Waals surface area contributed by atoms with Crippen LogP contribution in [0.4, 0.5) is 11.4 Å². The van der Waals surface area contributed by atoms with E-state index in [0.29, 0.717) is 55.1 Å². The Morgan fingerprint density at radius 2 is 1.26 bits per heavy atom. The van der Waals surface area contributed by atoms with Crippen molar-refractivity contribution < 1.29 is 14.0 Å². The standard InChI is InChI=1S/C27H17Cl2N3O3/c28-19-8-4-16(5-9-19)25(33)30-21-3-1-2-18(14-21)27-32-23-13-12-22(15-24(23)35-27)31-26(34)17-6-10-20(29)11-7-17/h1-15H,(H,30,33)(H,31,34). The minimum absolute atomic E-state index is 0.252. The minimum atomic E-state index is -0.259. The van der Waals surface area contributed by atoms with Gasteiger partial charge >= 0.3 is 0 Å². The molecule has 0 fully saturated rings. The van der Waals surface area contributed by atoms with E-state index < -0.39 is 0 Å². The Balaban J connectivity index is 1.34. The molecule has 0 saturated carbocycles. The number of fused-ring (bicyclic) bond motifs is 1. The number of aromatic nitrogens is 1. The van der Waals surface area contributed by atoms with Gasteiger partial charge in [-0.1, -0.05) is 29.3 Å². The topological polar surface area (TPSA) is 84.2 Å². The number of carbonyl (C=O) groups is 2. The van der Waals surface area contributed by atoms with E-state index in [2.05, 4.69) is 15.6 Å². The van der Waals surface area contributed by atoms with Crippen LogP contribution in [0.1, 0.15) is 20.7 Å². The molecule has 5 rings (SSSR count). The summed E-state index contributed by atoms with van der Waals surface area (Å²) >= 11 is 11.8. The Hall–Kier alpha value is -4.13. The van der Waals surface area contributed by atoms with E-state index in [-0.39, 0.29) is 11.8 Å². The number of oxazole rings is 1. The zero-order valence-electron chi connectivity index (χ0n) is 18.1. The molecule has 2 N–H and O–H groups in total. The monoisotopic (exact) mass is 501 g/mol. The van der Waals surface area contributed by atoms with Crippen LogP contribution >= 0.6 is 23.2 Å². The molecule has 0 unspecified atom stereocenters. The molecular weight excluding hydrogens is 485 g/mol. The van der Waals surface area contributed by atoms with Crippen molar-refractivity contribution >= 4 is 57.5 Å². The quantitative estimate of drug-likeness (QED) is 0.264. The highest BCUT2D eigenvalue weighted by Gasteiger charge is 2.13. The lowest BCUT2D eigenvalue weighted by molar-refractivity contribution is 0.101. The van der Waals surface area contributed by atoms with Crippen LogP contribution in [0, 0.1) is 0 Å². The van der Waals surface area contributed by atoms with Crippen molar-refractivity contribution in [2.45, 2.75) is 0 Å². The van der Waals surface area contributed by atoms with Crippen LogP contribution in [0.25, 0.3) is 22.6 Å². The molecule has 0 aliphatic rings. The first-order chi connectivity index (χ1) is 16.9. The highest BCUT2D eigenvalue weighted by molar-refractivity contribution is 6.31. The molecule has 1 heterocycles. The third kappa shape index (κ3) is 5.19. The maximum absolute atomic E-state index is 12.5. The predicted octanol–water partition coefficient (Wildman–Crippen LogP) is 7.31. The average molecular weight is 502 g/mol. The largest absolute Gasteiger partial charge is 0.436 e. The van der Waals surface area contributed by atoms with E-state index in [0.717, 1.165) is 0 Å². The molecule has 0 atom stereocenters. The van der Waals surface area contributed by atoms with Crippen molar-refractivity contribution in [3.8, 4) is 11.5 Å². The molecule has 0 spiro atoms. The van der Waals surface area contributed by atoms with E-state index in [1.54, 1.807) is 84.9 Å². The van der Waals surface area contributed by atoms with Crippen molar-refractivity contribution in [1.29, 1.82) is 0 Å². The summed E-state index contributed by atoms with van der Waals surface area (Å²) in [6, 6.07) is 25.7. The summed E-state index contributed by atoms with van der Waals surface area (Å²) in [5.41, 5.74) is 4.01. The van der Waals surface area contributed by atoms with Gasteiger partial charge in [0.2, 0.25) is 5.89 Å². The van der Waals surface area contributed by atoms with E-state index in [1.165, 1.54) is 0 Å². The number of halogens is 2. The van der Waals surface area contributed by atoms with Gasteiger partial charge in [-0.05, 0) is 78.9 Å². The number of hydrogen-bond donors (Lipinski definition) is 2. The molecule has 0 aliphatic heterocycles. The molecule has 2 amide bonds. The molecule has 0 aliphatic carbocycles. The summed E-state index contributed by atoms with van der Waals surface area (Å²) < 4.78 is 5.95. The molecule has 0 bridgehead atoms. The number of anilines is 2. The number of amides is 2. The van der Waals surface area contributed by atoms with Gasteiger partial charge in [0.1, 0.15) is 5.52 Å². The Morgan fingerprint density at radius 1 is 0.686 bits per heavy atom. The Labute approximate surface area is 210 Å². The smallest absolute Gasteiger partial charge is 0.255 e. The SMILES string of the molecule is O=C(Nc1cccc(-c2nc3ccc(NC(=O)c4ccc(Cl)cc4)cc3o2)c1)c1ccc(Cl)cc1. The lowest BCUT2D eigenvalue weighted by Gasteiger charge is -2.06. The first kappa shape index (κ1) is 22.7. The van der Waals surface area contributed by atoms with Crippen LogP contribution in [0.5, 0.6) is 0 Å². The highest BCUT2D eigenvalue weighted by atomic mass is 35.5. The molecule has 35 heavy (non-hydrogen) atoms. The molecule has 1 aromatic heterocycles. The van der Waals surface area contributed by atoms with Gasteiger partial charge in [0.25, 0.3) is 11.8 Å². The number of nitrogens with zero attached hydrogens (tertiary/aromatic N) is 1. The third-order valence-electron chi connectivity index (χ3n) is 5.23. The van der Waals surface area contributed by atoms with Gasteiger partial charge < -0.3 is 15.1 Å². The Bertz CT molecular complexity index is 1540. The molecule has 172 valence electrons. The second-order valence-electron chi connectivity index (χ2n) is 7.70. The molecular formula is C27H17Cl2N3O3. The van der Waals surface area contributed by atoms with Gasteiger partial charge in [0, 0.05) is 44.2 Å². The molecule has 0 radical (unpaired) electrons. The number of nitrogens with one attached hydrogen (secondary N) is 2. The van der Waals surface area contributed by atoms with Crippen molar-refractivity contribution in [3.05, 3.63) is 112 Å². The summed E-state index contributed by atoms with van der Waals surface area (Å²) in [5.74, 6) is -0.119. The molecule has 8 heteroatoms. The van der Waals surface area contributed by atoms with Gasteiger partial charge in [-0.25, -0.2) is 4.98 Å². The molecule has 4 aromatic carbocycles. The van der Waals surface area contributed by atoms with E-state index >= 15 is 0 Å². The fourth-order valence-corrected chi connectivity index (χ4v) is 3.72. The second kappa shape index (κ2) is 9.62. The fourth-order valence-electron chi connectivity index (χ4n) is 3.46. The van der Waals surface area contributed by atoms with Gasteiger partial charge in [0.15, 0.2) is 5.58 Å². The highest BCUT2D eigenvalue weighted by Crippen LogP contribution is 2.28. The van der Waals surface area contributed by atoms with Crippen molar-refractivity contribution in [2.75, 3.05) is 10.6 Å². The zero-order chi connectivity index (χ0) is 24.4. The first-order valence-corrected chi connectivity index (χ1v) is 11.3. The fraction of sp³-hybridized carbons (Fsp3) is 0. The van der Waals surface area contributed by atoms with E-state index in [9.17, 15) is 9.59 Å².